The van der Waals surface area contributed by atoms with Crippen molar-refractivity contribution in [3.8, 4) is 17.4 Å². The number of epoxide rings is 1. The highest BCUT2D eigenvalue weighted by molar-refractivity contribution is 6.29. The van der Waals surface area contributed by atoms with E-state index in [1.165, 1.54) is 0 Å². The molecular formula is C13H11ClN2O3. The van der Waals surface area contributed by atoms with E-state index in [9.17, 15) is 0 Å². The molecular weight excluding hydrogens is 268 g/mol. The molecule has 0 bridgehead atoms. The maximum Gasteiger partial charge on any atom is 0.239 e. The molecule has 0 N–H and O–H groups in total. The highest BCUT2D eigenvalue weighted by Crippen LogP contribution is 2.31. The van der Waals surface area contributed by atoms with Crippen molar-refractivity contribution in [1.29, 1.82) is 0 Å². The summed E-state index contributed by atoms with van der Waals surface area (Å²) in [6.07, 6.45) is 0.198. The van der Waals surface area contributed by atoms with E-state index in [2.05, 4.69) is 10.2 Å². The van der Waals surface area contributed by atoms with E-state index in [1.807, 2.05) is 18.2 Å². The minimum absolute atomic E-state index is 0.198. The molecule has 6 heteroatoms. The van der Waals surface area contributed by atoms with E-state index in [-0.39, 0.29) is 6.10 Å². The number of aromatic nitrogens is 2. The van der Waals surface area contributed by atoms with Gasteiger partial charge in [-0.2, -0.15) is 0 Å². The third kappa shape index (κ3) is 3.33. The third-order valence-electron chi connectivity index (χ3n) is 2.50. The van der Waals surface area contributed by atoms with Crippen LogP contribution < -0.4 is 9.47 Å². The summed E-state index contributed by atoms with van der Waals surface area (Å²) >= 11 is 5.67. The molecule has 1 unspecified atom stereocenters. The number of nitrogens with zero attached hydrogens (tertiary/aromatic N) is 2. The van der Waals surface area contributed by atoms with Crippen LogP contribution in [0, 0.1) is 0 Å². The van der Waals surface area contributed by atoms with Crippen LogP contribution in [-0.2, 0) is 4.74 Å². The molecule has 1 saturated heterocycles. The van der Waals surface area contributed by atoms with Crippen LogP contribution in [-0.4, -0.2) is 29.5 Å². The normalized spacial score (nSPS) is 17.0. The van der Waals surface area contributed by atoms with Crippen LogP contribution in [0.2, 0.25) is 5.15 Å². The van der Waals surface area contributed by atoms with Gasteiger partial charge in [0, 0.05) is 6.07 Å². The Morgan fingerprint density at radius 3 is 2.63 bits per heavy atom. The summed E-state index contributed by atoms with van der Waals surface area (Å²) in [4.78, 5) is 0. The summed E-state index contributed by atoms with van der Waals surface area (Å²) in [5, 5.41) is 7.88. The van der Waals surface area contributed by atoms with Crippen LogP contribution >= 0.6 is 11.6 Å². The zero-order valence-electron chi connectivity index (χ0n) is 9.95. The molecule has 1 atom stereocenters. The van der Waals surface area contributed by atoms with Gasteiger partial charge in [0.25, 0.3) is 0 Å². The SMILES string of the molecule is Clc1ccc(Oc2ccccc2OCC2CO2)nn1. The minimum atomic E-state index is 0.198. The molecule has 1 aromatic heterocycles. The van der Waals surface area contributed by atoms with Gasteiger partial charge in [-0.25, -0.2) is 0 Å². The lowest BCUT2D eigenvalue weighted by Gasteiger charge is -2.10. The van der Waals surface area contributed by atoms with Crippen LogP contribution in [0.4, 0.5) is 0 Å². The van der Waals surface area contributed by atoms with E-state index >= 15 is 0 Å². The first-order valence-electron chi connectivity index (χ1n) is 5.82. The number of hydrogen-bond acceptors (Lipinski definition) is 5. The van der Waals surface area contributed by atoms with Crippen molar-refractivity contribution in [3.63, 3.8) is 0 Å². The van der Waals surface area contributed by atoms with Crippen LogP contribution in [0.1, 0.15) is 0 Å². The maximum atomic E-state index is 5.67. The van der Waals surface area contributed by atoms with Gasteiger partial charge in [0.2, 0.25) is 5.88 Å². The van der Waals surface area contributed by atoms with Crippen LogP contribution in [0.25, 0.3) is 0 Å². The van der Waals surface area contributed by atoms with E-state index in [0.717, 1.165) is 6.61 Å². The van der Waals surface area contributed by atoms with Crippen molar-refractivity contribution in [2.24, 2.45) is 0 Å². The van der Waals surface area contributed by atoms with Gasteiger partial charge in [0.15, 0.2) is 16.7 Å². The molecule has 0 spiro atoms. The average Bonchev–Trinajstić information content (AvgIpc) is 3.25. The lowest BCUT2D eigenvalue weighted by Crippen LogP contribution is -2.05. The fourth-order valence-electron chi connectivity index (χ4n) is 1.47. The van der Waals surface area contributed by atoms with Gasteiger partial charge >= 0.3 is 0 Å². The molecule has 2 aromatic rings. The highest BCUT2D eigenvalue weighted by Gasteiger charge is 2.23. The van der Waals surface area contributed by atoms with Gasteiger partial charge < -0.3 is 14.2 Å². The van der Waals surface area contributed by atoms with Crippen molar-refractivity contribution < 1.29 is 14.2 Å². The van der Waals surface area contributed by atoms with Gasteiger partial charge in [-0.15, -0.1) is 10.2 Å². The Morgan fingerprint density at radius 1 is 1.16 bits per heavy atom. The summed E-state index contributed by atoms with van der Waals surface area (Å²) in [6.45, 7) is 1.28. The van der Waals surface area contributed by atoms with Crippen molar-refractivity contribution in [2.45, 2.75) is 6.10 Å². The smallest absolute Gasteiger partial charge is 0.239 e. The topological polar surface area (TPSA) is 56.8 Å². The molecule has 0 saturated carbocycles. The molecule has 98 valence electrons. The second-order valence-corrected chi connectivity index (χ2v) is 4.40. The van der Waals surface area contributed by atoms with E-state index < -0.39 is 0 Å². The molecule has 0 amide bonds. The number of rotatable bonds is 5. The molecule has 5 nitrogen and oxygen atoms in total. The van der Waals surface area contributed by atoms with Gasteiger partial charge in [0.05, 0.1) is 6.61 Å². The Labute approximate surface area is 115 Å². The Balaban J connectivity index is 1.73. The molecule has 3 rings (SSSR count). The van der Waals surface area contributed by atoms with Crippen molar-refractivity contribution in [3.05, 3.63) is 41.6 Å². The summed E-state index contributed by atoms with van der Waals surface area (Å²) in [7, 11) is 0. The Kier molecular flexibility index (Phi) is 3.48. The summed E-state index contributed by atoms with van der Waals surface area (Å²) in [5.74, 6) is 1.60. The average molecular weight is 279 g/mol. The van der Waals surface area contributed by atoms with Gasteiger partial charge in [0.1, 0.15) is 12.7 Å². The monoisotopic (exact) mass is 278 g/mol. The van der Waals surface area contributed by atoms with E-state index in [1.54, 1.807) is 18.2 Å². The van der Waals surface area contributed by atoms with Crippen molar-refractivity contribution >= 4 is 11.6 Å². The zero-order chi connectivity index (χ0) is 13.1. The van der Waals surface area contributed by atoms with Gasteiger partial charge in [-0.1, -0.05) is 23.7 Å². The second-order valence-electron chi connectivity index (χ2n) is 4.01. The lowest BCUT2D eigenvalue weighted by molar-refractivity contribution is 0.254. The Bertz CT molecular complexity index is 558. The number of para-hydroxylation sites is 2. The van der Waals surface area contributed by atoms with Crippen LogP contribution in [0.5, 0.6) is 17.4 Å². The fraction of sp³-hybridized carbons (Fsp3) is 0.231. The molecule has 2 heterocycles. The summed E-state index contributed by atoms with van der Waals surface area (Å²) in [6, 6.07) is 10.6. The molecule has 1 aromatic carbocycles. The molecule has 1 fully saturated rings. The largest absolute Gasteiger partial charge is 0.487 e. The molecule has 1 aliphatic rings. The van der Waals surface area contributed by atoms with Gasteiger partial charge in [-0.3, -0.25) is 0 Å². The van der Waals surface area contributed by atoms with Crippen molar-refractivity contribution in [1.82, 2.24) is 10.2 Å². The van der Waals surface area contributed by atoms with Crippen LogP contribution in [0.15, 0.2) is 36.4 Å². The molecule has 19 heavy (non-hydrogen) atoms. The molecule has 1 aliphatic heterocycles. The number of ether oxygens (including phenoxy) is 3. The quantitative estimate of drug-likeness (QED) is 0.787. The Hall–Kier alpha value is -1.85. The van der Waals surface area contributed by atoms with Gasteiger partial charge in [-0.05, 0) is 18.2 Å². The fourth-order valence-corrected chi connectivity index (χ4v) is 1.57. The first-order chi connectivity index (χ1) is 9.31. The molecule has 0 aliphatic carbocycles. The number of benzene rings is 1. The highest BCUT2D eigenvalue weighted by atomic mass is 35.5. The first-order valence-corrected chi connectivity index (χ1v) is 6.19. The predicted molar refractivity (Wildman–Crippen MR) is 68.8 cm³/mol. The van der Waals surface area contributed by atoms with E-state index in [0.29, 0.717) is 29.1 Å². The van der Waals surface area contributed by atoms with Crippen molar-refractivity contribution in [2.75, 3.05) is 13.2 Å². The van der Waals surface area contributed by atoms with Crippen LogP contribution in [0.3, 0.4) is 0 Å². The Morgan fingerprint density at radius 2 is 1.95 bits per heavy atom. The lowest BCUT2D eigenvalue weighted by atomic mass is 10.3. The number of hydrogen-bond donors (Lipinski definition) is 0. The predicted octanol–water partition coefficient (Wildman–Crippen LogP) is 2.70. The molecule has 0 radical (unpaired) electrons. The number of halogens is 1. The third-order valence-corrected chi connectivity index (χ3v) is 2.70. The maximum absolute atomic E-state index is 5.67. The van der Waals surface area contributed by atoms with E-state index in [4.69, 9.17) is 25.8 Å². The zero-order valence-corrected chi connectivity index (χ0v) is 10.7. The standard InChI is InChI=1S/C13H11ClN2O3/c14-12-5-6-13(16-15-12)19-11-4-2-1-3-10(11)18-8-9-7-17-9/h1-6,9H,7-8H2. The minimum Gasteiger partial charge on any atom is -0.487 e. The summed E-state index contributed by atoms with van der Waals surface area (Å²) < 4.78 is 16.4. The second kappa shape index (κ2) is 5.42. The summed E-state index contributed by atoms with van der Waals surface area (Å²) in [5.41, 5.74) is 0. The first kappa shape index (κ1) is 12.2.